The van der Waals surface area contributed by atoms with Crippen LogP contribution in [0, 0.1) is 0 Å². The Hall–Kier alpha value is -3.92. The third-order valence-electron chi connectivity index (χ3n) is 6.02. The van der Waals surface area contributed by atoms with Crippen LogP contribution in [0.15, 0.2) is 84.9 Å². The van der Waals surface area contributed by atoms with Crippen molar-refractivity contribution in [2.24, 2.45) is 0 Å². The molecule has 0 N–H and O–H groups in total. The van der Waals surface area contributed by atoms with Crippen molar-refractivity contribution in [3.8, 4) is 0 Å². The van der Waals surface area contributed by atoms with Gasteiger partial charge < -0.3 is 0 Å². The molecule has 0 aliphatic carbocycles. The number of ketones is 4. The van der Waals surface area contributed by atoms with Crippen molar-refractivity contribution in [2.45, 2.75) is 25.7 Å². The van der Waals surface area contributed by atoms with Crippen LogP contribution in [0.25, 0.3) is 21.5 Å². The molecule has 4 nitrogen and oxygen atoms in total. The SMILES string of the molecule is CC(C(=O)C(=O)C(=O)C(=O)C(C)c1cccc2ccccc12)c1cccc2ccccc12. The van der Waals surface area contributed by atoms with Crippen molar-refractivity contribution < 1.29 is 19.2 Å². The second kappa shape index (κ2) is 8.67. The quantitative estimate of drug-likeness (QED) is 0.304. The van der Waals surface area contributed by atoms with Crippen LogP contribution in [0.2, 0.25) is 0 Å². The predicted octanol–water partition coefficient (Wildman–Crippen LogP) is 5.18. The molecule has 0 spiro atoms. The van der Waals surface area contributed by atoms with Gasteiger partial charge in [0.05, 0.1) is 0 Å². The number of carbonyl (C=O) groups is 4. The Bertz CT molecular complexity index is 1260. The Balaban J connectivity index is 1.59. The largest absolute Gasteiger partial charge is 0.290 e. The second-order valence-corrected chi connectivity index (χ2v) is 7.97. The molecule has 0 amide bonds. The molecule has 32 heavy (non-hydrogen) atoms. The van der Waals surface area contributed by atoms with Crippen LogP contribution in [0.4, 0.5) is 0 Å². The molecule has 4 rings (SSSR count). The van der Waals surface area contributed by atoms with Gasteiger partial charge in [-0.2, -0.15) is 0 Å². The molecule has 0 aromatic heterocycles. The minimum absolute atomic E-state index is 0.656. The lowest BCUT2D eigenvalue weighted by molar-refractivity contribution is -0.148. The number of Topliss-reactive ketones (excluding diaryl/α,β-unsaturated/α-hetero) is 4. The fourth-order valence-corrected chi connectivity index (χ4v) is 4.16. The van der Waals surface area contributed by atoms with Crippen LogP contribution in [0.1, 0.15) is 36.8 Å². The highest BCUT2D eigenvalue weighted by Gasteiger charge is 2.35. The fourth-order valence-electron chi connectivity index (χ4n) is 4.16. The molecule has 158 valence electrons. The molecule has 4 aromatic rings. The van der Waals surface area contributed by atoms with Crippen molar-refractivity contribution in [2.75, 3.05) is 0 Å². The summed E-state index contributed by atoms with van der Waals surface area (Å²) < 4.78 is 0. The van der Waals surface area contributed by atoms with Gasteiger partial charge in [-0.25, -0.2) is 0 Å². The highest BCUT2D eigenvalue weighted by Crippen LogP contribution is 2.28. The minimum Gasteiger partial charge on any atom is -0.290 e. The van der Waals surface area contributed by atoms with Crippen LogP contribution in [-0.4, -0.2) is 23.1 Å². The number of rotatable bonds is 7. The van der Waals surface area contributed by atoms with Crippen molar-refractivity contribution in [1.29, 1.82) is 0 Å². The summed E-state index contributed by atoms with van der Waals surface area (Å²) in [6, 6.07) is 26.0. The zero-order valence-electron chi connectivity index (χ0n) is 17.9. The lowest BCUT2D eigenvalue weighted by atomic mass is 9.85. The van der Waals surface area contributed by atoms with E-state index in [0.29, 0.717) is 11.1 Å². The molecule has 2 unspecified atom stereocenters. The first-order valence-electron chi connectivity index (χ1n) is 10.5. The van der Waals surface area contributed by atoms with Crippen LogP contribution in [-0.2, 0) is 19.2 Å². The summed E-state index contributed by atoms with van der Waals surface area (Å²) in [7, 11) is 0. The average Bonchev–Trinajstić information content (AvgIpc) is 2.85. The van der Waals surface area contributed by atoms with Gasteiger partial charge in [0, 0.05) is 11.8 Å². The van der Waals surface area contributed by atoms with Gasteiger partial charge in [0.15, 0.2) is 0 Å². The van der Waals surface area contributed by atoms with Gasteiger partial charge in [-0.15, -0.1) is 0 Å². The van der Waals surface area contributed by atoms with E-state index in [-0.39, 0.29) is 0 Å². The summed E-state index contributed by atoms with van der Waals surface area (Å²) in [6.45, 7) is 3.18. The molecule has 4 aromatic carbocycles. The zero-order chi connectivity index (χ0) is 22.8. The molecule has 0 heterocycles. The van der Waals surface area contributed by atoms with E-state index in [1.165, 1.54) is 0 Å². The first kappa shape index (κ1) is 21.3. The zero-order valence-corrected chi connectivity index (χ0v) is 17.9. The molecular weight excluding hydrogens is 400 g/mol. The molecule has 0 aliphatic rings. The van der Waals surface area contributed by atoms with Crippen LogP contribution >= 0.6 is 0 Å². The molecule has 0 bridgehead atoms. The maximum absolute atomic E-state index is 12.9. The second-order valence-electron chi connectivity index (χ2n) is 7.97. The lowest BCUT2D eigenvalue weighted by Gasteiger charge is -2.15. The third kappa shape index (κ3) is 3.76. The number of benzene rings is 4. The van der Waals surface area contributed by atoms with Crippen LogP contribution in [0.5, 0.6) is 0 Å². The van der Waals surface area contributed by atoms with E-state index in [0.717, 1.165) is 21.5 Å². The van der Waals surface area contributed by atoms with Gasteiger partial charge >= 0.3 is 0 Å². The highest BCUT2D eigenvalue weighted by molar-refractivity contribution is 6.79. The maximum atomic E-state index is 12.9. The minimum atomic E-state index is -1.26. The predicted molar refractivity (Wildman–Crippen MR) is 125 cm³/mol. The van der Waals surface area contributed by atoms with Gasteiger partial charge in [-0.1, -0.05) is 98.8 Å². The summed E-state index contributed by atoms with van der Waals surface area (Å²) in [4.78, 5) is 51.2. The van der Waals surface area contributed by atoms with E-state index < -0.39 is 35.0 Å². The van der Waals surface area contributed by atoms with Crippen LogP contribution in [0.3, 0.4) is 0 Å². The van der Waals surface area contributed by atoms with Gasteiger partial charge in [0.2, 0.25) is 11.6 Å². The Labute approximate surface area is 185 Å². The first-order valence-corrected chi connectivity index (χ1v) is 10.5. The van der Waals surface area contributed by atoms with E-state index >= 15 is 0 Å². The van der Waals surface area contributed by atoms with E-state index in [4.69, 9.17) is 0 Å². The van der Waals surface area contributed by atoms with E-state index in [9.17, 15) is 19.2 Å². The van der Waals surface area contributed by atoms with Crippen molar-refractivity contribution in [3.05, 3.63) is 96.1 Å². The van der Waals surface area contributed by atoms with E-state index in [1.54, 1.807) is 26.0 Å². The summed E-state index contributed by atoms with van der Waals surface area (Å²) in [5.41, 5.74) is 1.31. The molecule has 0 saturated carbocycles. The van der Waals surface area contributed by atoms with Crippen molar-refractivity contribution >= 4 is 44.7 Å². The van der Waals surface area contributed by atoms with Crippen molar-refractivity contribution in [3.63, 3.8) is 0 Å². The van der Waals surface area contributed by atoms with Crippen molar-refractivity contribution in [1.82, 2.24) is 0 Å². The summed E-state index contributed by atoms with van der Waals surface area (Å²) >= 11 is 0. The highest BCUT2D eigenvalue weighted by atomic mass is 16.2. The van der Waals surface area contributed by atoms with Gasteiger partial charge in [0.1, 0.15) is 0 Å². The Morgan fingerprint density at radius 2 is 0.844 bits per heavy atom. The molecular formula is C28H22O4. The smallest absolute Gasteiger partial charge is 0.272 e. The topological polar surface area (TPSA) is 68.3 Å². The molecule has 0 aliphatic heterocycles. The molecule has 0 saturated heterocycles. The summed E-state index contributed by atoms with van der Waals surface area (Å²) in [5, 5.41) is 3.55. The fraction of sp³-hybridized carbons (Fsp3) is 0.143. The standard InChI is InChI=1S/C28H22O4/c1-17(21-15-7-11-19-9-3-5-13-23(19)21)25(29)27(31)28(32)26(30)18(2)22-16-8-12-20-10-4-6-14-24(20)22/h3-18H,1-2H3. The monoisotopic (exact) mass is 422 g/mol. The maximum Gasteiger partial charge on any atom is 0.272 e. The van der Waals surface area contributed by atoms with Gasteiger partial charge in [-0.05, 0) is 32.7 Å². The number of hydrogen-bond acceptors (Lipinski definition) is 4. The van der Waals surface area contributed by atoms with E-state index in [2.05, 4.69) is 0 Å². The number of fused-ring (bicyclic) bond motifs is 2. The average molecular weight is 422 g/mol. The number of carbonyl (C=O) groups excluding carboxylic acids is 4. The first-order chi connectivity index (χ1) is 15.4. The third-order valence-corrected chi connectivity index (χ3v) is 6.02. The Kier molecular flexibility index (Phi) is 5.78. The Morgan fingerprint density at radius 1 is 0.500 bits per heavy atom. The normalized spacial score (nSPS) is 12.9. The van der Waals surface area contributed by atoms with E-state index in [1.807, 2.05) is 72.8 Å². The molecule has 2 atom stereocenters. The van der Waals surface area contributed by atoms with Gasteiger partial charge in [0.25, 0.3) is 11.6 Å². The molecule has 0 fully saturated rings. The van der Waals surface area contributed by atoms with Crippen LogP contribution < -0.4 is 0 Å². The number of hydrogen-bond donors (Lipinski definition) is 0. The molecule has 4 heteroatoms. The summed E-state index contributed by atoms with van der Waals surface area (Å²) in [5.74, 6) is -5.93. The lowest BCUT2D eigenvalue weighted by Crippen LogP contribution is -2.35. The molecule has 0 radical (unpaired) electrons. The summed E-state index contributed by atoms with van der Waals surface area (Å²) in [6.07, 6.45) is 0. The Morgan fingerprint density at radius 3 is 1.25 bits per heavy atom. The van der Waals surface area contributed by atoms with Gasteiger partial charge in [-0.3, -0.25) is 19.2 Å².